The monoisotopic (exact) mass is 349 g/mol. The first-order valence-corrected chi connectivity index (χ1v) is 8.18. The number of carbonyl (C=O) groups excluding carboxylic acids is 3. The Bertz CT molecular complexity index is 1030. The number of Topliss-reactive ketones (excluding diaryl/α,β-unsaturated/α-hetero) is 1. The lowest BCUT2D eigenvalue weighted by atomic mass is 10.1. The van der Waals surface area contributed by atoms with Crippen molar-refractivity contribution >= 4 is 39.9 Å². The van der Waals surface area contributed by atoms with E-state index in [0.29, 0.717) is 27.9 Å². The maximum atomic E-state index is 12.6. The molecule has 2 amide bonds. The van der Waals surface area contributed by atoms with Gasteiger partial charge in [0.05, 0.1) is 5.56 Å². The number of aromatic nitrogens is 1. The van der Waals surface area contributed by atoms with E-state index in [0.717, 1.165) is 11.1 Å². The molecule has 0 saturated heterocycles. The zero-order chi connectivity index (χ0) is 18.8. The molecule has 0 fully saturated rings. The topological polar surface area (TPSA) is 91.1 Å². The molecule has 1 heterocycles. The average Bonchev–Trinajstić information content (AvgIpc) is 3.04. The molecular weight excluding hydrogens is 330 g/mol. The lowest BCUT2D eigenvalue weighted by Crippen LogP contribution is -2.23. The number of carbonyl (C=O) groups is 3. The Morgan fingerprint density at radius 2 is 1.69 bits per heavy atom. The fourth-order valence-electron chi connectivity index (χ4n) is 2.91. The number of hydrogen-bond donors (Lipinski definition) is 3. The fourth-order valence-corrected chi connectivity index (χ4v) is 2.91. The molecule has 132 valence electrons. The molecule has 0 atom stereocenters. The molecule has 2 aromatic carbocycles. The molecule has 0 bridgehead atoms. The second-order valence-corrected chi connectivity index (χ2v) is 6.14. The number of anilines is 2. The van der Waals surface area contributed by atoms with Crippen LogP contribution in [-0.2, 0) is 9.59 Å². The van der Waals surface area contributed by atoms with Crippen molar-refractivity contribution in [3.63, 3.8) is 0 Å². The fraction of sp³-hybridized carbons (Fsp3) is 0.150. The summed E-state index contributed by atoms with van der Waals surface area (Å²) in [6, 6.07) is 10.8. The number of aromatic amines is 1. The number of nitrogens with one attached hydrogen (secondary N) is 3. The minimum atomic E-state index is -0.726. The number of benzene rings is 2. The Morgan fingerprint density at radius 1 is 0.962 bits per heavy atom. The van der Waals surface area contributed by atoms with Gasteiger partial charge in [-0.25, -0.2) is 0 Å². The lowest BCUT2D eigenvalue weighted by molar-refractivity contribution is -0.114. The molecular formula is C20H19N3O3. The molecule has 0 aliphatic heterocycles. The highest BCUT2D eigenvalue weighted by Crippen LogP contribution is 2.28. The van der Waals surface area contributed by atoms with Gasteiger partial charge in [-0.2, -0.15) is 0 Å². The van der Waals surface area contributed by atoms with Crippen molar-refractivity contribution in [3.05, 3.63) is 59.3 Å². The Morgan fingerprint density at radius 3 is 2.42 bits per heavy atom. The first-order chi connectivity index (χ1) is 12.4. The number of ketones is 1. The summed E-state index contributed by atoms with van der Waals surface area (Å²) < 4.78 is 0. The third kappa shape index (κ3) is 3.21. The third-order valence-electron chi connectivity index (χ3n) is 4.26. The van der Waals surface area contributed by atoms with Gasteiger partial charge in [-0.1, -0.05) is 24.3 Å². The van der Waals surface area contributed by atoms with Crippen molar-refractivity contribution in [1.29, 1.82) is 0 Å². The van der Waals surface area contributed by atoms with Crippen molar-refractivity contribution in [2.24, 2.45) is 0 Å². The number of aryl methyl sites for hydroxylation is 1. The van der Waals surface area contributed by atoms with Crippen molar-refractivity contribution in [2.45, 2.75) is 20.8 Å². The van der Waals surface area contributed by atoms with Crippen LogP contribution in [0.2, 0.25) is 0 Å². The minimum absolute atomic E-state index is 0.199. The summed E-state index contributed by atoms with van der Waals surface area (Å²) in [5.41, 5.74) is 3.80. The van der Waals surface area contributed by atoms with E-state index in [1.54, 1.807) is 25.1 Å². The van der Waals surface area contributed by atoms with Gasteiger partial charge in [0.15, 0.2) is 0 Å². The van der Waals surface area contributed by atoms with Gasteiger partial charge in [0.2, 0.25) is 5.91 Å². The van der Waals surface area contributed by atoms with Crippen LogP contribution in [0.5, 0.6) is 0 Å². The van der Waals surface area contributed by atoms with Gasteiger partial charge in [0, 0.05) is 35.4 Å². The highest BCUT2D eigenvalue weighted by molar-refractivity contribution is 6.48. The van der Waals surface area contributed by atoms with Crippen molar-refractivity contribution in [3.8, 4) is 0 Å². The molecule has 0 spiro atoms. The van der Waals surface area contributed by atoms with Crippen LogP contribution in [0.1, 0.15) is 28.4 Å². The quantitative estimate of drug-likeness (QED) is 0.497. The zero-order valence-electron chi connectivity index (χ0n) is 14.8. The molecule has 6 nitrogen and oxygen atoms in total. The molecule has 0 radical (unpaired) electrons. The largest absolute Gasteiger partial charge is 0.360 e. The number of rotatable bonds is 4. The highest BCUT2D eigenvalue weighted by atomic mass is 16.2. The molecule has 1 aromatic heterocycles. The van der Waals surface area contributed by atoms with E-state index >= 15 is 0 Å². The van der Waals surface area contributed by atoms with Crippen LogP contribution < -0.4 is 10.6 Å². The van der Waals surface area contributed by atoms with Crippen LogP contribution in [-0.4, -0.2) is 22.6 Å². The van der Waals surface area contributed by atoms with Gasteiger partial charge in [0.25, 0.3) is 11.7 Å². The second-order valence-electron chi connectivity index (χ2n) is 6.14. The number of hydrogen-bond acceptors (Lipinski definition) is 3. The van der Waals surface area contributed by atoms with Crippen LogP contribution >= 0.6 is 0 Å². The van der Waals surface area contributed by atoms with Gasteiger partial charge in [-0.15, -0.1) is 0 Å². The summed E-state index contributed by atoms with van der Waals surface area (Å²) in [5.74, 6) is -1.55. The van der Waals surface area contributed by atoms with E-state index in [9.17, 15) is 14.4 Å². The van der Waals surface area contributed by atoms with Gasteiger partial charge >= 0.3 is 0 Å². The number of H-pyrrole nitrogens is 1. The zero-order valence-corrected chi connectivity index (χ0v) is 14.8. The maximum absolute atomic E-state index is 12.6. The predicted octanol–water partition coefficient (Wildman–Crippen LogP) is 3.56. The number of fused-ring (bicyclic) bond motifs is 1. The normalized spacial score (nSPS) is 10.6. The maximum Gasteiger partial charge on any atom is 0.296 e. The third-order valence-corrected chi connectivity index (χ3v) is 4.26. The van der Waals surface area contributed by atoms with Gasteiger partial charge in [0.1, 0.15) is 0 Å². The molecule has 0 aliphatic carbocycles. The molecule has 6 heteroatoms. The standard InChI is InChI=1S/C20H19N3O3/c1-11-8-9-16(12(2)18(11)22-13(3)24)23-20(26)19(25)15-10-21-17-7-5-4-6-14(15)17/h4-10,21H,1-3H3,(H,22,24)(H,23,26). The van der Waals surface area contributed by atoms with Crippen molar-refractivity contribution in [2.75, 3.05) is 10.6 Å². The molecule has 3 N–H and O–H groups in total. The second kappa shape index (κ2) is 6.84. The molecule has 3 aromatic rings. The van der Waals surface area contributed by atoms with Crippen LogP contribution in [0.15, 0.2) is 42.6 Å². The van der Waals surface area contributed by atoms with Gasteiger partial charge in [-0.3, -0.25) is 14.4 Å². The molecule has 0 saturated carbocycles. The summed E-state index contributed by atoms with van der Waals surface area (Å²) in [7, 11) is 0. The summed E-state index contributed by atoms with van der Waals surface area (Å²) in [4.78, 5) is 39.4. The van der Waals surface area contributed by atoms with Crippen molar-refractivity contribution in [1.82, 2.24) is 4.98 Å². The first-order valence-electron chi connectivity index (χ1n) is 8.18. The first kappa shape index (κ1) is 17.4. The van der Waals surface area contributed by atoms with Gasteiger partial charge < -0.3 is 15.6 Å². The van der Waals surface area contributed by atoms with Crippen LogP contribution in [0.3, 0.4) is 0 Å². The Balaban J connectivity index is 1.88. The summed E-state index contributed by atoms with van der Waals surface area (Å²) >= 11 is 0. The summed E-state index contributed by atoms with van der Waals surface area (Å²) in [6.45, 7) is 5.07. The average molecular weight is 349 g/mol. The number of amides is 2. The SMILES string of the molecule is CC(=O)Nc1c(C)ccc(NC(=O)C(=O)c2c[nH]c3ccccc23)c1C. The molecule has 3 rings (SSSR count). The van der Waals surface area contributed by atoms with E-state index in [-0.39, 0.29) is 5.91 Å². The Kier molecular flexibility index (Phi) is 4.58. The highest BCUT2D eigenvalue weighted by Gasteiger charge is 2.21. The Hall–Kier alpha value is -3.41. The molecule has 26 heavy (non-hydrogen) atoms. The number of para-hydroxylation sites is 1. The lowest BCUT2D eigenvalue weighted by Gasteiger charge is -2.15. The summed E-state index contributed by atoms with van der Waals surface area (Å²) in [6.07, 6.45) is 1.54. The van der Waals surface area contributed by atoms with Crippen LogP contribution in [0, 0.1) is 13.8 Å². The van der Waals surface area contributed by atoms with E-state index in [2.05, 4.69) is 15.6 Å². The van der Waals surface area contributed by atoms with E-state index in [4.69, 9.17) is 0 Å². The minimum Gasteiger partial charge on any atom is -0.360 e. The van der Waals surface area contributed by atoms with Crippen LogP contribution in [0.25, 0.3) is 10.9 Å². The Labute approximate surface area is 150 Å². The van der Waals surface area contributed by atoms with Crippen molar-refractivity contribution < 1.29 is 14.4 Å². The molecule has 0 unspecified atom stereocenters. The smallest absolute Gasteiger partial charge is 0.296 e. The van der Waals surface area contributed by atoms with Crippen LogP contribution in [0.4, 0.5) is 11.4 Å². The summed E-state index contributed by atoms with van der Waals surface area (Å²) in [5, 5.41) is 6.11. The predicted molar refractivity (Wildman–Crippen MR) is 101 cm³/mol. The van der Waals surface area contributed by atoms with E-state index in [1.807, 2.05) is 25.1 Å². The van der Waals surface area contributed by atoms with E-state index in [1.165, 1.54) is 13.1 Å². The van der Waals surface area contributed by atoms with Gasteiger partial charge in [-0.05, 0) is 37.1 Å². The molecule has 0 aliphatic rings. The van der Waals surface area contributed by atoms with E-state index < -0.39 is 11.7 Å².